The Morgan fingerprint density at radius 1 is 1.28 bits per heavy atom. The number of imidazole rings is 1. The molecular weight excluding hydrogens is 506 g/mol. The van der Waals surface area contributed by atoms with Crippen LogP contribution in [0.2, 0.25) is 0 Å². The van der Waals surface area contributed by atoms with Gasteiger partial charge in [-0.2, -0.15) is 10.2 Å². The number of aryl methyl sites for hydroxylation is 1. The summed E-state index contributed by atoms with van der Waals surface area (Å²) in [5.74, 6) is 0.842. The summed E-state index contributed by atoms with van der Waals surface area (Å²) >= 11 is 0. The molecule has 2 aliphatic heterocycles. The molecule has 1 N–H and O–H groups in total. The van der Waals surface area contributed by atoms with Gasteiger partial charge < -0.3 is 19.4 Å². The van der Waals surface area contributed by atoms with Crippen LogP contribution in [0.25, 0.3) is 27.7 Å². The van der Waals surface area contributed by atoms with E-state index in [0.717, 1.165) is 5.82 Å². The van der Waals surface area contributed by atoms with Crippen molar-refractivity contribution in [1.29, 1.82) is 5.26 Å². The number of nitriles is 1. The third kappa shape index (κ3) is 4.08. The Balaban J connectivity index is 1.31. The number of halogens is 2. The first kappa shape index (κ1) is 25.5. The zero-order valence-corrected chi connectivity index (χ0v) is 22.3. The van der Waals surface area contributed by atoms with Gasteiger partial charge in [0.2, 0.25) is 11.8 Å². The SMILES string of the molecule is COc1nc(N[C@H]2CCN(C3(C#N)COC3)C[C@H]2F)nn2ccc(-c3cc(F)c4nc(C)n(C(C)C)c4c3)c12. The van der Waals surface area contributed by atoms with Crippen LogP contribution < -0.4 is 10.1 Å². The van der Waals surface area contributed by atoms with Gasteiger partial charge in [-0.05, 0) is 51.0 Å². The fourth-order valence-corrected chi connectivity index (χ4v) is 5.74. The number of hydrogen-bond donors (Lipinski definition) is 1. The second kappa shape index (κ2) is 9.43. The van der Waals surface area contributed by atoms with Crippen LogP contribution in [0.3, 0.4) is 0 Å². The lowest BCUT2D eigenvalue weighted by molar-refractivity contribution is -0.121. The van der Waals surface area contributed by atoms with Gasteiger partial charge in [0, 0.05) is 30.9 Å². The number of hydrogen-bond acceptors (Lipinski definition) is 8. The molecule has 0 spiro atoms. The number of likely N-dealkylation sites (tertiary alicyclic amines) is 1. The van der Waals surface area contributed by atoms with Crippen LogP contribution in [0.4, 0.5) is 14.7 Å². The van der Waals surface area contributed by atoms with Crippen LogP contribution >= 0.6 is 0 Å². The highest BCUT2D eigenvalue weighted by Crippen LogP contribution is 2.35. The Labute approximate surface area is 224 Å². The molecule has 1 aromatic carbocycles. The number of benzene rings is 1. The molecule has 6 rings (SSSR count). The average molecular weight is 537 g/mol. The molecule has 0 unspecified atom stereocenters. The molecule has 0 saturated carbocycles. The molecule has 0 aliphatic carbocycles. The van der Waals surface area contributed by atoms with Crippen molar-refractivity contribution < 1.29 is 18.3 Å². The Hall–Kier alpha value is -3.82. The van der Waals surface area contributed by atoms with Gasteiger partial charge >= 0.3 is 0 Å². The number of piperidine rings is 1. The molecule has 12 heteroatoms. The van der Waals surface area contributed by atoms with Gasteiger partial charge in [-0.1, -0.05) is 0 Å². The average Bonchev–Trinajstić information content (AvgIpc) is 3.45. The molecule has 4 aromatic rings. The van der Waals surface area contributed by atoms with E-state index in [9.17, 15) is 5.26 Å². The summed E-state index contributed by atoms with van der Waals surface area (Å²) in [6.45, 7) is 7.23. The number of ether oxygens (including phenoxy) is 2. The largest absolute Gasteiger partial charge is 0.479 e. The number of nitrogens with zero attached hydrogens (tertiary/aromatic N) is 7. The fraction of sp³-hybridized carbons (Fsp3) is 0.481. The third-order valence-electron chi connectivity index (χ3n) is 7.78. The van der Waals surface area contributed by atoms with Crippen LogP contribution in [0.1, 0.15) is 32.1 Å². The van der Waals surface area contributed by atoms with Gasteiger partial charge in [0.1, 0.15) is 23.0 Å². The summed E-state index contributed by atoms with van der Waals surface area (Å²) in [7, 11) is 1.50. The van der Waals surface area contributed by atoms with Crippen LogP contribution in [-0.2, 0) is 4.74 Å². The van der Waals surface area contributed by atoms with Crippen LogP contribution in [-0.4, -0.2) is 80.2 Å². The van der Waals surface area contributed by atoms with E-state index in [0.29, 0.717) is 53.9 Å². The highest BCUT2D eigenvalue weighted by Gasteiger charge is 2.48. The van der Waals surface area contributed by atoms with Gasteiger partial charge in [0.25, 0.3) is 0 Å². The Kier molecular flexibility index (Phi) is 6.15. The number of nitrogens with one attached hydrogen (secondary N) is 1. The van der Waals surface area contributed by atoms with Gasteiger partial charge in [-0.3, -0.25) is 4.90 Å². The van der Waals surface area contributed by atoms with Gasteiger partial charge in [0.15, 0.2) is 11.4 Å². The van der Waals surface area contributed by atoms with Crippen molar-refractivity contribution in [2.75, 3.05) is 38.7 Å². The molecule has 0 bridgehead atoms. The molecule has 2 aliphatic rings. The summed E-state index contributed by atoms with van der Waals surface area (Å²) in [6.07, 6.45) is 1.00. The van der Waals surface area contributed by atoms with Crippen molar-refractivity contribution in [1.82, 2.24) is 29.0 Å². The summed E-state index contributed by atoms with van der Waals surface area (Å²) in [5.41, 5.74) is 2.23. The van der Waals surface area contributed by atoms with Crippen molar-refractivity contribution in [3.8, 4) is 23.1 Å². The highest BCUT2D eigenvalue weighted by atomic mass is 19.1. The minimum Gasteiger partial charge on any atom is -0.479 e. The van der Waals surface area contributed by atoms with E-state index in [1.165, 1.54) is 13.2 Å². The van der Waals surface area contributed by atoms with Crippen molar-refractivity contribution in [2.24, 2.45) is 0 Å². The number of rotatable bonds is 6. The Bertz CT molecular complexity index is 1600. The number of alkyl halides is 1. The van der Waals surface area contributed by atoms with Crippen molar-refractivity contribution in [3.63, 3.8) is 0 Å². The highest BCUT2D eigenvalue weighted by molar-refractivity contribution is 5.90. The molecule has 204 valence electrons. The van der Waals surface area contributed by atoms with E-state index in [-0.39, 0.29) is 24.4 Å². The van der Waals surface area contributed by atoms with E-state index >= 15 is 8.78 Å². The second-order valence-corrected chi connectivity index (χ2v) is 10.6. The van der Waals surface area contributed by atoms with Crippen molar-refractivity contribution in [3.05, 3.63) is 36.0 Å². The lowest BCUT2D eigenvalue weighted by Crippen LogP contribution is -2.65. The lowest BCUT2D eigenvalue weighted by atomic mass is 9.92. The molecule has 0 amide bonds. The number of anilines is 1. The van der Waals surface area contributed by atoms with Crippen molar-refractivity contribution in [2.45, 2.75) is 51.0 Å². The van der Waals surface area contributed by atoms with E-state index in [1.807, 2.05) is 42.4 Å². The molecule has 10 nitrogen and oxygen atoms in total. The monoisotopic (exact) mass is 536 g/mol. The third-order valence-corrected chi connectivity index (χ3v) is 7.78. The van der Waals surface area contributed by atoms with E-state index in [2.05, 4.69) is 26.5 Å². The van der Waals surface area contributed by atoms with Gasteiger partial charge in [0.05, 0.1) is 38.0 Å². The lowest BCUT2D eigenvalue weighted by Gasteiger charge is -2.48. The summed E-state index contributed by atoms with van der Waals surface area (Å²) in [4.78, 5) is 10.8. The minimum absolute atomic E-state index is 0.112. The van der Waals surface area contributed by atoms with Crippen LogP contribution in [0, 0.1) is 24.1 Å². The predicted molar refractivity (Wildman–Crippen MR) is 141 cm³/mol. The van der Waals surface area contributed by atoms with E-state index in [4.69, 9.17) is 9.47 Å². The maximum absolute atomic E-state index is 15.2. The predicted octanol–water partition coefficient (Wildman–Crippen LogP) is 3.90. The summed E-state index contributed by atoms with van der Waals surface area (Å²) in [5, 5.41) is 17.2. The zero-order chi connectivity index (χ0) is 27.5. The van der Waals surface area contributed by atoms with Crippen LogP contribution in [0.5, 0.6) is 5.88 Å². The molecule has 3 aromatic heterocycles. The summed E-state index contributed by atoms with van der Waals surface area (Å²) < 4.78 is 44.8. The molecule has 0 radical (unpaired) electrons. The first-order valence-electron chi connectivity index (χ1n) is 13.0. The topological polar surface area (TPSA) is 106 Å². The van der Waals surface area contributed by atoms with Crippen molar-refractivity contribution >= 4 is 22.5 Å². The van der Waals surface area contributed by atoms with E-state index < -0.39 is 23.6 Å². The maximum atomic E-state index is 15.2. The van der Waals surface area contributed by atoms with Gasteiger partial charge in [-0.25, -0.2) is 18.3 Å². The molecule has 5 heterocycles. The number of methoxy groups -OCH3 is 1. The molecule has 2 atom stereocenters. The first-order valence-corrected chi connectivity index (χ1v) is 13.0. The zero-order valence-electron chi connectivity index (χ0n) is 22.3. The molecule has 39 heavy (non-hydrogen) atoms. The molecule has 2 saturated heterocycles. The second-order valence-electron chi connectivity index (χ2n) is 10.6. The molecular formula is C27H30F2N8O2. The molecule has 2 fully saturated rings. The maximum Gasteiger partial charge on any atom is 0.244 e. The first-order chi connectivity index (χ1) is 18.7. The Morgan fingerprint density at radius 2 is 2.08 bits per heavy atom. The summed E-state index contributed by atoms with van der Waals surface area (Å²) in [6, 6.07) is 7.09. The number of fused-ring (bicyclic) bond motifs is 2. The normalized spacial score (nSPS) is 21.3. The minimum atomic E-state index is -1.22. The quantitative estimate of drug-likeness (QED) is 0.396. The van der Waals surface area contributed by atoms with E-state index in [1.54, 1.807) is 10.7 Å². The standard InChI is InChI=1S/C27H30F2N8O2/c1-15(2)37-16(3)31-23-19(28)9-17(10-22(23)37)18-5-8-36-24(18)25(38-4)33-26(34-36)32-21-6-7-35(11-20(21)29)27(12-30)13-39-14-27/h5,8-10,15,20-21H,6-7,11,13-14H2,1-4H3,(H,32,34)/t20-,21+/m1/s1. The van der Waals surface area contributed by atoms with Crippen LogP contribution in [0.15, 0.2) is 24.4 Å². The smallest absolute Gasteiger partial charge is 0.244 e. The van der Waals surface area contributed by atoms with Gasteiger partial charge in [-0.15, -0.1) is 5.10 Å². The number of aromatic nitrogens is 5. The fourth-order valence-electron chi connectivity index (χ4n) is 5.74. The Morgan fingerprint density at radius 3 is 2.72 bits per heavy atom.